The molecule has 0 atom stereocenters. The van der Waals surface area contributed by atoms with E-state index < -0.39 is 0 Å². The zero-order chi connectivity index (χ0) is 17.9. The lowest BCUT2D eigenvalue weighted by atomic mass is 10.2. The van der Waals surface area contributed by atoms with Gasteiger partial charge in [0.05, 0.1) is 25.5 Å². The van der Waals surface area contributed by atoms with Crippen molar-refractivity contribution >= 4 is 28.5 Å². The van der Waals surface area contributed by atoms with Crippen molar-refractivity contribution in [2.45, 2.75) is 13.2 Å². The number of aryl methyl sites for hydroxylation is 1. The highest BCUT2D eigenvalue weighted by Gasteiger charge is 2.20. The molecule has 136 valence electrons. The van der Waals surface area contributed by atoms with E-state index in [0.717, 1.165) is 41.3 Å². The Labute approximate surface area is 157 Å². The summed E-state index contributed by atoms with van der Waals surface area (Å²) in [6.07, 6.45) is 0. The Morgan fingerprint density at radius 2 is 1.88 bits per heavy atom. The number of aromatic nitrogens is 3. The lowest BCUT2D eigenvalue weighted by molar-refractivity contribution is 0.100. The largest absolute Gasteiger partial charge is 0.378 e. The molecule has 1 fully saturated rings. The van der Waals surface area contributed by atoms with E-state index in [0.29, 0.717) is 31.6 Å². The van der Waals surface area contributed by atoms with E-state index in [-0.39, 0.29) is 0 Å². The van der Waals surface area contributed by atoms with Gasteiger partial charge in [0.2, 0.25) is 0 Å². The summed E-state index contributed by atoms with van der Waals surface area (Å²) >= 11 is 6.27. The maximum Gasteiger partial charge on any atom is 0.163 e. The summed E-state index contributed by atoms with van der Waals surface area (Å²) in [5, 5.41) is 0.471. The van der Waals surface area contributed by atoms with Gasteiger partial charge in [-0.25, -0.2) is 9.97 Å². The van der Waals surface area contributed by atoms with E-state index in [1.165, 1.54) is 0 Å². The summed E-state index contributed by atoms with van der Waals surface area (Å²) in [5.41, 5.74) is 3.78. The predicted molar refractivity (Wildman–Crippen MR) is 101 cm³/mol. The average Bonchev–Trinajstić information content (AvgIpc) is 2.99. The van der Waals surface area contributed by atoms with Gasteiger partial charge in [-0.1, -0.05) is 41.9 Å². The van der Waals surface area contributed by atoms with Gasteiger partial charge in [-0.15, -0.1) is 0 Å². The zero-order valence-corrected chi connectivity index (χ0v) is 15.4. The van der Waals surface area contributed by atoms with Crippen LogP contribution in [0.5, 0.6) is 0 Å². The highest BCUT2D eigenvalue weighted by molar-refractivity contribution is 6.30. The molecule has 0 unspecified atom stereocenters. The molecule has 0 N–H and O–H groups in total. The summed E-state index contributed by atoms with van der Waals surface area (Å²) in [6, 6.07) is 12.0. The van der Waals surface area contributed by atoms with Crippen molar-refractivity contribution in [2.24, 2.45) is 7.05 Å². The fourth-order valence-electron chi connectivity index (χ4n) is 3.16. The van der Waals surface area contributed by atoms with Crippen LogP contribution in [0, 0.1) is 0 Å². The maximum atomic E-state index is 6.27. The summed E-state index contributed by atoms with van der Waals surface area (Å²) < 4.78 is 13.3. The van der Waals surface area contributed by atoms with Gasteiger partial charge in [0.15, 0.2) is 5.65 Å². The Morgan fingerprint density at radius 3 is 2.65 bits per heavy atom. The molecule has 0 amide bonds. The normalized spacial score (nSPS) is 14.9. The molecule has 2 aromatic heterocycles. The molecule has 0 aliphatic carbocycles. The number of halogens is 1. The van der Waals surface area contributed by atoms with Crippen LogP contribution in [0.15, 0.2) is 36.4 Å². The number of imidazole rings is 1. The Bertz CT molecular complexity index is 891. The highest BCUT2D eigenvalue weighted by atomic mass is 35.5. The first-order valence-electron chi connectivity index (χ1n) is 8.68. The van der Waals surface area contributed by atoms with Gasteiger partial charge in [-0.05, 0) is 5.56 Å². The second kappa shape index (κ2) is 7.61. The molecule has 3 aromatic rings. The van der Waals surface area contributed by atoms with Crippen molar-refractivity contribution in [1.82, 2.24) is 14.5 Å². The standard InChI is InChI=1S/C19H21ClN4O2/c1-23-17(13-26-12-14-5-3-2-4-6-14)22-18-15(11-16(20)21-19(18)23)24-7-9-25-10-8-24/h2-6,11H,7-10,12-13H2,1H3. The molecule has 1 aliphatic heterocycles. The number of pyridine rings is 1. The van der Waals surface area contributed by atoms with Gasteiger partial charge in [0.25, 0.3) is 0 Å². The lowest BCUT2D eigenvalue weighted by Crippen LogP contribution is -2.36. The molecule has 3 heterocycles. The maximum absolute atomic E-state index is 6.27. The van der Waals surface area contributed by atoms with Crippen molar-refractivity contribution in [2.75, 3.05) is 31.2 Å². The molecule has 0 bridgehead atoms. The first-order chi connectivity index (χ1) is 12.7. The van der Waals surface area contributed by atoms with E-state index >= 15 is 0 Å². The minimum absolute atomic E-state index is 0.419. The minimum atomic E-state index is 0.419. The van der Waals surface area contributed by atoms with Crippen molar-refractivity contribution < 1.29 is 9.47 Å². The fraction of sp³-hybridized carbons (Fsp3) is 0.368. The molecular weight excluding hydrogens is 352 g/mol. The van der Waals surface area contributed by atoms with Crippen molar-refractivity contribution in [3.63, 3.8) is 0 Å². The monoisotopic (exact) mass is 372 g/mol. The fourth-order valence-corrected chi connectivity index (χ4v) is 3.34. The number of rotatable bonds is 5. The summed E-state index contributed by atoms with van der Waals surface area (Å²) in [4.78, 5) is 11.5. The Hall–Kier alpha value is -2.15. The number of morpholine rings is 1. The van der Waals surface area contributed by atoms with E-state index in [1.54, 1.807) is 0 Å². The van der Waals surface area contributed by atoms with E-state index in [4.69, 9.17) is 26.1 Å². The van der Waals surface area contributed by atoms with Crippen molar-refractivity contribution in [1.29, 1.82) is 0 Å². The molecule has 6 nitrogen and oxygen atoms in total. The number of fused-ring (bicyclic) bond motifs is 1. The van der Waals surface area contributed by atoms with Gasteiger partial charge in [-0.3, -0.25) is 0 Å². The molecule has 1 aliphatic rings. The zero-order valence-electron chi connectivity index (χ0n) is 14.7. The molecule has 0 radical (unpaired) electrons. The van der Waals surface area contributed by atoms with Gasteiger partial charge >= 0.3 is 0 Å². The Balaban J connectivity index is 1.59. The van der Waals surface area contributed by atoms with Gasteiger partial charge in [0, 0.05) is 26.2 Å². The van der Waals surface area contributed by atoms with Crippen molar-refractivity contribution in [3.8, 4) is 0 Å². The molecule has 4 rings (SSSR count). The van der Waals surface area contributed by atoms with Crippen LogP contribution < -0.4 is 4.90 Å². The van der Waals surface area contributed by atoms with Crippen molar-refractivity contribution in [3.05, 3.63) is 52.9 Å². The number of hydrogen-bond acceptors (Lipinski definition) is 5. The van der Waals surface area contributed by atoms with Crippen LogP contribution >= 0.6 is 11.6 Å². The number of ether oxygens (including phenoxy) is 2. The van der Waals surface area contributed by atoms with Gasteiger partial charge in [0.1, 0.15) is 23.1 Å². The van der Waals surface area contributed by atoms with E-state index in [9.17, 15) is 0 Å². The Kier molecular flexibility index (Phi) is 5.06. The third kappa shape index (κ3) is 3.53. The van der Waals surface area contributed by atoms with Crippen LogP contribution in [0.25, 0.3) is 11.2 Å². The van der Waals surface area contributed by atoms with Crippen LogP contribution in [0.4, 0.5) is 5.69 Å². The highest BCUT2D eigenvalue weighted by Crippen LogP contribution is 2.29. The summed E-state index contributed by atoms with van der Waals surface area (Å²) in [7, 11) is 1.95. The van der Waals surface area contributed by atoms with E-state index in [1.807, 2.05) is 48.0 Å². The molecule has 26 heavy (non-hydrogen) atoms. The molecule has 0 saturated carbocycles. The van der Waals surface area contributed by atoms with Crippen LogP contribution in [0.1, 0.15) is 11.4 Å². The molecule has 1 saturated heterocycles. The lowest BCUT2D eigenvalue weighted by Gasteiger charge is -2.28. The quantitative estimate of drug-likeness (QED) is 0.644. The molecular formula is C19H21ClN4O2. The number of nitrogens with zero attached hydrogens (tertiary/aromatic N) is 4. The SMILES string of the molecule is Cn1c(COCc2ccccc2)nc2c(N3CCOCC3)cc(Cl)nc21. The summed E-state index contributed by atoms with van der Waals surface area (Å²) in [5.74, 6) is 0.834. The first kappa shape index (κ1) is 17.3. The number of anilines is 1. The topological polar surface area (TPSA) is 52.4 Å². The number of benzene rings is 1. The molecule has 1 aromatic carbocycles. The van der Waals surface area contributed by atoms with Crippen LogP contribution in [0.3, 0.4) is 0 Å². The van der Waals surface area contributed by atoms with Crippen LogP contribution in [-0.2, 0) is 29.7 Å². The molecule has 0 spiro atoms. The third-order valence-corrected chi connectivity index (χ3v) is 4.76. The number of hydrogen-bond donors (Lipinski definition) is 0. The summed E-state index contributed by atoms with van der Waals surface area (Å²) in [6.45, 7) is 4.04. The second-order valence-corrected chi connectivity index (χ2v) is 6.69. The van der Waals surface area contributed by atoms with Gasteiger partial charge < -0.3 is 18.9 Å². The van der Waals surface area contributed by atoms with Gasteiger partial charge in [-0.2, -0.15) is 0 Å². The Morgan fingerprint density at radius 1 is 1.12 bits per heavy atom. The smallest absolute Gasteiger partial charge is 0.163 e. The third-order valence-electron chi connectivity index (χ3n) is 4.56. The van der Waals surface area contributed by atoms with Crippen LogP contribution in [-0.4, -0.2) is 40.8 Å². The molecule has 7 heteroatoms. The van der Waals surface area contributed by atoms with Crippen LogP contribution in [0.2, 0.25) is 5.15 Å². The second-order valence-electron chi connectivity index (χ2n) is 6.30. The first-order valence-corrected chi connectivity index (χ1v) is 9.06. The van der Waals surface area contributed by atoms with E-state index in [2.05, 4.69) is 9.88 Å². The predicted octanol–water partition coefficient (Wildman–Crippen LogP) is 3.18. The minimum Gasteiger partial charge on any atom is -0.378 e. The average molecular weight is 373 g/mol.